The number of carboxylic acid groups (broad SMARTS) is 1. The van der Waals surface area contributed by atoms with Crippen LogP contribution < -0.4 is 0 Å². The van der Waals surface area contributed by atoms with E-state index in [4.69, 9.17) is 5.11 Å². The third-order valence-electron chi connectivity index (χ3n) is 2.63. The average molecular weight is 239 g/mol. The third kappa shape index (κ3) is 1.71. The molecular formula is C13H9N3O2. The third-order valence-corrected chi connectivity index (χ3v) is 2.63. The molecule has 0 aliphatic heterocycles. The van der Waals surface area contributed by atoms with Crippen molar-refractivity contribution in [1.82, 2.24) is 14.6 Å². The second-order valence-corrected chi connectivity index (χ2v) is 3.82. The van der Waals surface area contributed by atoms with Crippen LogP contribution in [-0.4, -0.2) is 25.7 Å². The summed E-state index contributed by atoms with van der Waals surface area (Å²) in [4.78, 5) is 15.1. The molecule has 3 rings (SSSR count). The standard InChI is InChI=1S/C13H9N3O2/c17-13(18)10-6-4-9(5-7-10)12-14-11-3-1-2-8-16(11)15-12/h1-8H,(H,17,18). The van der Waals surface area contributed by atoms with E-state index >= 15 is 0 Å². The summed E-state index contributed by atoms with van der Waals surface area (Å²) >= 11 is 0. The first-order valence-electron chi connectivity index (χ1n) is 5.39. The van der Waals surface area contributed by atoms with Gasteiger partial charge in [0.25, 0.3) is 0 Å². The molecule has 88 valence electrons. The van der Waals surface area contributed by atoms with E-state index < -0.39 is 5.97 Å². The molecule has 3 aromatic rings. The van der Waals surface area contributed by atoms with Crippen LogP contribution in [0, 0.1) is 0 Å². The molecule has 0 fully saturated rings. The zero-order chi connectivity index (χ0) is 12.5. The summed E-state index contributed by atoms with van der Waals surface area (Å²) in [7, 11) is 0. The van der Waals surface area contributed by atoms with Gasteiger partial charge in [0, 0.05) is 11.8 Å². The molecule has 1 N–H and O–H groups in total. The van der Waals surface area contributed by atoms with E-state index in [1.807, 2.05) is 24.4 Å². The van der Waals surface area contributed by atoms with Crippen molar-refractivity contribution in [2.75, 3.05) is 0 Å². The van der Waals surface area contributed by atoms with Gasteiger partial charge in [-0.2, -0.15) is 0 Å². The van der Waals surface area contributed by atoms with Crippen molar-refractivity contribution in [3.05, 3.63) is 54.2 Å². The number of pyridine rings is 1. The molecule has 0 bridgehead atoms. The number of aromatic carboxylic acids is 1. The molecule has 0 unspecified atom stereocenters. The van der Waals surface area contributed by atoms with Crippen LogP contribution in [0.3, 0.4) is 0 Å². The number of aromatic nitrogens is 3. The summed E-state index contributed by atoms with van der Waals surface area (Å²) in [6.07, 6.45) is 1.82. The first-order valence-corrected chi connectivity index (χ1v) is 5.39. The van der Waals surface area contributed by atoms with Crippen LogP contribution in [0.4, 0.5) is 0 Å². The minimum absolute atomic E-state index is 0.252. The lowest BCUT2D eigenvalue weighted by Crippen LogP contribution is -1.95. The van der Waals surface area contributed by atoms with E-state index in [0.717, 1.165) is 11.2 Å². The topological polar surface area (TPSA) is 67.5 Å². The Kier molecular flexibility index (Phi) is 2.30. The van der Waals surface area contributed by atoms with Gasteiger partial charge in [0.1, 0.15) is 0 Å². The number of hydrogen-bond acceptors (Lipinski definition) is 3. The minimum atomic E-state index is -0.940. The summed E-state index contributed by atoms with van der Waals surface area (Å²) in [5, 5.41) is 13.1. The smallest absolute Gasteiger partial charge is 0.335 e. The number of fused-ring (bicyclic) bond motifs is 1. The van der Waals surface area contributed by atoms with Gasteiger partial charge in [-0.15, -0.1) is 5.10 Å². The van der Waals surface area contributed by atoms with Crippen LogP contribution in [0.1, 0.15) is 10.4 Å². The zero-order valence-corrected chi connectivity index (χ0v) is 9.32. The number of hydrogen-bond donors (Lipinski definition) is 1. The molecule has 0 aliphatic carbocycles. The van der Waals surface area contributed by atoms with Gasteiger partial charge < -0.3 is 5.11 Å². The molecule has 0 spiro atoms. The molecule has 5 heteroatoms. The highest BCUT2D eigenvalue weighted by atomic mass is 16.4. The Hall–Kier alpha value is -2.69. The highest BCUT2D eigenvalue weighted by Gasteiger charge is 2.07. The molecule has 0 saturated carbocycles. The van der Waals surface area contributed by atoms with E-state index in [1.165, 1.54) is 0 Å². The van der Waals surface area contributed by atoms with Crippen molar-refractivity contribution in [2.45, 2.75) is 0 Å². The first-order chi connectivity index (χ1) is 8.74. The number of rotatable bonds is 2. The maximum atomic E-state index is 10.8. The number of nitrogens with zero attached hydrogens (tertiary/aromatic N) is 3. The summed E-state index contributed by atoms with van der Waals surface area (Å²) in [6.45, 7) is 0. The highest BCUT2D eigenvalue weighted by Crippen LogP contribution is 2.16. The summed E-state index contributed by atoms with van der Waals surface area (Å²) < 4.78 is 1.68. The molecule has 0 amide bonds. The second-order valence-electron chi connectivity index (χ2n) is 3.82. The van der Waals surface area contributed by atoms with E-state index in [1.54, 1.807) is 28.8 Å². The van der Waals surface area contributed by atoms with Gasteiger partial charge in [0.05, 0.1) is 5.56 Å². The number of carbonyl (C=O) groups is 1. The first kappa shape index (κ1) is 10.5. The maximum absolute atomic E-state index is 10.8. The van der Waals surface area contributed by atoms with Crippen LogP contribution in [0.25, 0.3) is 17.0 Å². The number of carboxylic acids is 1. The van der Waals surface area contributed by atoms with Crippen molar-refractivity contribution in [1.29, 1.82) is 0 Å². The molecular weight excluding hydrogens is 230 g/mol. The quantitative estimate of drug-likeness (QED) is 0.743. The van der Waals surface area contributed by atoms with Gasteiger partial charge in [0.15, 0.2) is 11.5 Å². The fraction of sp³-hybridized carbons (Fsp3) is 0. The zero-order valence-electron chi connectivity index (χ0n) is 9.32. The van der Waals surface area contributed by atoms with Gasteiger partial charge in [-0.1, -0.05) is 18.2 Å². The minimum Gasteiger partial charge on any atom is -0.478 e. The monoisotopic (exact) mass is 239 g/mol. The Morgan fingerprint density at radius 1 is 1.11 bits per heavy atom. The van der Waals surface area contributed by atoms with E-state index in [2.05, 4.69) is 10.1 Å². The SMILES string of the molecule is O=C(O)c1ccc(-c2nc3ccccn3n2)cc1. The Morgan fingerprint density at radius 3 is 2.56 bits per heavy atom. The summed E-state index contributed by atoms with van der Waals surface area (Å²) in [6, 6.07) is 12.1. The van der Waals surface area contributed by atoms with Crippen LogP contribution in [0.5, 0.6) is 0 Å². The molecule has 5 nitrogen and oxygen atoms in total. The molecule has 2 aromatic heterocycles. The number of benzene rings is 1. The highest BCUT2D eigenvalue weighted by molar-refractivity contribution is 5.88. The van der Waals surface area contributed by atoms with Crippen molar-refractivity contribution in [2.24, 2.45) is 0 Å². The molecule has 1 aromatic carbocycles. The summed E-state index contributed by atoms with van der Waals surface area (Å²) in [5.74, 6) is -0.359. The van der Waals surface area contributed by atoms with Crippen molar-refractivity contribution in [3.63, 3.8) is 0 Å². The van der Waals surface area contributed by atoms with Gasteiger partial charge in [-0.3, -0.25) is 0 Å². The molecule has 0 radical (unpaired) electrons. The van der Waals surface area contributed by atoms with Crippen molar-refractivity contribution < 1.29 is 9.90 Å². The van der Waals surface area contributed by atoms with Gasteiger partial charge in [0.2, 0.25) is 0 Å². The fourth-order valence-electron chi connectivity index (χ4n) is 1.72. The normalized spacial score (nSPS) is 10.7. The van der Waals surface area contributed by atoms with E-state index in [0.29, 0.717) is 5.82 Å². The lowest BCUT2D eigenvalue weighted by atomic mass is 10.1. The Labute approximate surface area is 102 Å². The fourth-order valence-corrected chi connectivity index (χ4v) is 1.72. The predicted octanol–water partition coefficient (Wildman–Crippen LogP) is 2.09. The average Bonchev–Trinajstić information content (AvgIpc) is 2.82. The Bertz CT molecular complexity index is 683. The lowest BCUT2D eigenvalue weighted by molar-refractivity contribution is 0.0697. The Morgan fingerprint density at radius 2 is 1.89 bits per heavy atom. The van der Waals surface area contributed by atoms with Crippen molar-refractivity contribution in [3.8, 4) is 11.4 Å². The van der Waals surface area contributed by atoms with Crippen molar-refractivity contribution >= 4 is 11.6 Å². The molecule has 18 heavy (non-hydrogen) atoms. The van der Waals surface area contributed by atoms with Gasteiger partial charge in [-0.25, -0.2) is 14.3 Å². The molecule has 0 atom stereocenters. The molecule has 0 saturated heterocycles. The lowest BCUT2D eigenvalue weighted by Gasteiger charge is -1.96. The second kappa shape index (κ2) is 3.96. The van der Waals surface area contributed by atoms with Gasteiger partial charge in [-0.05, 0) is 24.3 Å². The van der Waals surface area contributed by atoms with E-state index in [9.17, 15) is 4.79 Å². The van der Waals surface area contributed by atoms with Gasteiger partial charge >= 0.3 is 5.97 Å². The van der Waals surface area contributed by atoms with Crippen LogP contribution in [-0.2, 0) is 0 Å². The van der Waals surface area contributed by atoms with Crippen LogP contribution in [0.2, 0.25) is 0 Å². The van der Waals surface area contributed by atoms with Crippen LogP contribution >= 0.6 is 0 Å². The predicted molar refractivity (Wildman–Crippen MR) is 65.4 cm³/mol. The van der Waals surface area contributed by atoms with E-state index in [-0.39, 0.29) is 5.56 Å². The largest absolute Gasteiger partial charge is 0.478 e. The van der Waals surface area contributed by atoms with Crippen LogP contribution in [0.15, 0.2) is 48.7 Å². The summed E-state index contributed by atoms with van der Waals surface area (Å²) in [5.41, 5.74) is 1.81. The Balaban J connectivity index is 2.06. The molecule has 0 aliphatic rings. The maximum Gasteiger partial charge on any atom is 0.335 e. The molecule has 2 heterocycles.